The Labute approximate surface area is 202 Å². The maximum atomic E-state index is 12.9. The molecule has 180 valence electrons. The van der Waals surface area contributed by atoms with Crippen LogP contribution >= 0.6 is 0 Å². The SMILES string of the molecule is O=C(O)C[C@@H]1CCCCN1C(=O)c1cc(NC(=O)OCC2c3ccccc3-c3ccccc32)n[nH]1. The lowest BCUT2D eigenvalue weighted by atomic mass is 9.98. The largest absolute Gasteiger partial charge is 0.481 e. The van der Waals surface area contributed by atoms with Crippen LogP contribution in [0.25, 0.3) is 11.1 Å². The number of carbonyl (C=O) groups is 3. The van der Waals surface area contributed by atoms with Gasteiger partial charge in [0.15, 0.2) is 5.82 Å². The highest BCUT2D eigenvalue weighted by Gasteiger charge is 2.31. The molecule has 2 aromatic carbocycles. The van der Waals surface area contributed by atoms with Gasteiger partial charge in [-0.15, -0.1) is 0 Å². The van der Waals surface area contributed by atoms with Crippen LogP contribution in [0.4, 0.5) is 10.6 Å². The van der Waals surface area contributed by atoms with Gasteiger partial charge in [-0.3, -0.25) is 20.0 Å². The first-order valence-electron chi connectivity index (χ1n) is 11.7. The molecular weight excluding hydrogens is 448 g/mol. The number of likely N-dealkylation sites (tertiary alicyclic amines) is 1. The predicted octanol–water partition coefficient (Wildman–Crippen LogP) is 4.24. The van der Waals surface area contributed by atoms with Gasteiger partial charge in [-0.2, -0.15) is 5.10 Å². The Hall–Kier alpha value is -4.14. The van der Waals surface area contributed by atoms with Crippen LogP contribution in [0.1, 0.15) is 53.2 Å². The molecule has 3 N–H and O–H groups in total. The first-order chi connectivity index (χ1) is 17.0. The van der Waals surface area contributed by atoms with Crippen LogP contribution in [0.3, 0.4) is 0 Å². The minimum atomic E-state index is -0.933. The smallest absolute Gasteiger partial charge is 0.412 e. The van der Waals surface area contributed by atoms with Gasteiger partial charge in [0, 0.05) is 24.6 Å². The fraction of sp³-hybridized carbons (Fsp3) is 0.308. The molecule has 1 fully saturated rings. The Morgan fingerprint density at radius 3 is 2.43 bits per heavy atom. The van der Waals surface area contributed by atoms with Gasteiger partial charge in [-0.05, 0) is 41.5 Å². The van der Waals surface area contributed by atoms with E-state index in [4.69, 9.17) is 9.84 Å². The van der Waals surface area contributed by atoms with Crippen molar-refractivity contribution in [1.29, 1.82) is 0 Å². The summed E-state index contributed by atoms with van der Waals surface area (Å²) < 4.78 is 5.53. The van der Waals surface area contributed by atoms with Gasteiger partial charge in [0.1, 0.15) is 12.3 Å². The van der Waals surface area contributed by atoms with Crippen LogP contribution in [0, 0.1) is 0 Å². The maximum absolute atomic E-state index is 12.9. The topological polar surface area (TPSA) is 125 Å². The third-order valence-corrected chi connectivity index (χ3v) is 6.68. The third-order valence-electron chi connectivity index (χ3n) is 6.68. The fourth-order valence-corrected chi connectivity index (χ4v) is 5.07. The van der Waals surface area contributed by atoms with Crippen molar-refractivity contribution in [3.8, 4) is 11.1 Å². The highest BCUT2D eigenvalue weighted by atomic mass is 16.5. The lowest BCUT2D eigenvalue weighted by Gasteiger charge is -2.34. The quantitative estimate of drug-likeness (QED) is 0.491. The normalized spacial score (nSPS) is 16.9. The van der Waals surface area contributed by atoms with Gasteiger partial charge in [0.05, 0.1) is 6.42 Å². The van der Waals surface area contributed by atoms with Crippen molar-refractivity contribution in [3.05, 3.63) is 71.4 Å². The molecule has 1 atom stereocenters. The standard InChI is InChI=1S/C26H26N4O5/c31-24(32)13-16-7-5-6-12-30(16)25(33)22-14-23(29-28-22)27-26(34)35-15-21-19-10-3-1-8-17(19)18-9-2-4-11-20(18)21/h1-4,8-11,14,16,21H,5-7,12-13,15H2,(H,31,32)(H2,27,28,29,34)/t16-/m0/s1. The number of fused-ring (bicyclic) bond motifs is 3. The summed E-state index contributed by atoms with van der Waals surface area (Å²) in [4.78, 5) is 38.2. The lowest BCUT2D eigenvalue weighted by Crippen LogP contribution is -2.44. The van der Waals surface area contributed by atoms with Crippen LogP contribution < -0.4 is 5.32 Å². The zero-order valence-electron chi connectivity index (χ0n) is 19.1. The van der Waals surface area contributed by atoms with Crippen LogP contribution in [-0.2, 0) is 9.53 Å². The second-order valence-electron chi connectivity index (χ2n) is 8.86. The van der Waals surface area contributed by atoms with Crippen molar-refractivity contribution in [2.24, 2.45) is 0 Å². The number of aromatic amines is 1. The molecule has 2 heterocycles. The Morgan fingerprint density at radius 1 is 1.06 bits per heavy atom. The van der Waals surface area contributed by atoms with Crippen molar-refractivity contribution >= 4 is 23.8 Å². The van der Waals surface area contributed by atoms with Gasteiger partial charge in [0.2, 0.25) is 0 Å². The number of hydrogen-bond acceptors (Lipinski definition) is 5. The number of piperidine rings is 1. The highest BCUT2D eigenvalue weighted by molar-refractivity contribution is 5.94. The molecule has 2 amide bonds. The summed E-state index contributed by atoms with van der Waals surface area (Å²) in [6.45, 7) is 0.658. The summed E-state index contributed by atoms with van der Waals surface area (Å²) in [6, 6.07) is 17.3. The molecule has 1 aromatic heterocycles. The number of rotatable bonds is 6. The van der Waals surface area contributed by atoms with Gasteiger partial charge < -0.3 is 14.7 Å². The minimum absolute atomic E-state index is 0.0604. The van der Waals surface area contributed by atoms with Crippen LogP contribution in [0.5, 0.6) is 0 Å². The highest BCUT2D eigenvalue weighted by Crippen LogP contribution is 2.44. The number of anilines is 1. The summed E-state index contributed by atoms with van der Waals surface area (Å²) >= 11 is 0. The molecule has 0 radical (unpaired) electrons. The number of aliphatic carboxylic acids is 1. The summed E-state index contributed by atoms with van der Waals surface area (Å²) in [6.07, 6.45) is 1.60. The molecule has 1 aliphatic heterocycles. The van der Waals surface area contributed by atoms with Gasteiger partial charge in [0.25, 0.3) is 5.91 Å². The van der Waals surface area contributed by atoms with E-state index in [0.717, 1.165) is 35.1 Å². The van der Waals surface area contributed by atoms with E-state index in [-0.39, 0.29) is 42.4 Å². The molecule has 3 aromatic rings. The number of H-pyrrole nitrogens is 1. The van der Waals surface area contributed by atoms with Crippen molar-refractivity contribution < 1.29 is 24.2 Å². The van der Waals surface area contributed by atoms with E-state index in [1.807, 2.05) is 36.4 Å². The molecule has 0 bridgehead atoms. The monoisotopic (exact) mass is 474 g/mol. The molecule has 0 unspecified atom stereocenters. The zero-order valence-corrected chi connectivity index (χ0v) is 19.1. The summed E-state index contributed by atoms with van der Waals surface area (Å²) in [7, 11) is 0. The average molecular weight is 475 g/mol. The van der Waals surface area contributed by atoms with E-state index in [1.54, 1.807) is 4.90 Å². The van der Waals surface area contributed by atoms with Crippen molar-refractivity contribution in [2.45, 2.75) is 37.6 Å². The van der Waals surface area contributed by atoms with Crippen LogP contribution in [-0.4, -0.2) is 57.4 Å². The van der Waals surface area contributed by atoms with Crippen LogP contribution in [0.15, 0.2) is 54.6 Å². The average Bonchev–Trinajstić information content (AvgIpc) is 3.45. The van der Waals surface area contributed by atoms with Gasteiger partial charge in [-0.1, -0.05) is 48.5 Å². The minimum Gasteiger partial charge on any atom is -0.481 e. The number of ether oxygens (including phenoxy) is 1. The molecular formula is C26H26N4O5. The molecule has 9 nitrogen and oxygen atoms in total. The molecule has 0 saturated carbocycles. The number of nitrogens with one attached hydrogen (secondary N) is 2. The summed E-state index contributed by atoms with van der Waals surface area (Å²) in [5.74, 6) is -1.16. The Bertz CT molecular complexity index is 1220. The van der Waals surface area contributed by atoms with Gasteiger partial charge >= 0.3 is 12.1 Å². The Balaban J connectivity index is 1.22. The number of carboxylic acid groups (broad SMARTS) is 1. The van der Waals surface area contributed by atoms with Crippen molar-refractivity contribution in [1.82, 2.24) is 15.1 Å². The molecule has 1 aliphatic carbocycles. The number of carboxylic acids is 1. The Kier molecular flexibility index (Phi) is 6.22. The zero-order chi connectivity index (χ0) is 24.4. The third kappa shape index (κ3) is 4.62. The molecule has 5 rings (SSSR count). The van der Waals surface area contributed by atoms with Crippen LogP contribution in [0.2, 0.25) is 0 Å². The number of nitrogens with zero attached hydrogens (tertiary/aromatic N) is 2. The van der Waals surface area contributed by atoms with E-state index < -0.39 is 12.1 Å². The molecule has 2 aliphatic rings. The number of aromatic nitrogens is 2. The number of hydrogen-bond donors (Lipinski definition) is 3. The summed E-state index contributed by atoms with van der Waals surface area (Å²) in [5.41, 5.74) is 4.72. The first-order valence-corrected chi connectivity index (χ1v) is 11.7. The van der Waals surface area contributed by atoms with E-state index in [9.17, 15) is 14.4 Å². The predicted molar refractivity (Wildman–Crippen MR) is 128 cm³/mol. The second kappa shape index (κ2) is 9.61. The fourth-order valence-electron chi connectivity index (χ4n) is 5.07. The van der Waals surface area contributed by atoms with E-state index in [0.29, 0.717) is 13.0 Å². The molecule has 35 heavy (non-hydrogen) atoms. The molecule has 1 saturated heterocycles. The summed E-state index contributed by atoms with van der Waals surface area (Å²) in [5, 5.41) is 18.4. The van der Waals surface area contributed by atoms with Crippen molar-refractivity contribution in [3.63, 3.8) is 0 Å². The number of carbonyl (C=O) groups excluding carboxylic acids is 2. The molecule has 0 spiro atoms. The lowest BCUT2D eigenvalue weighted by molar-refractivity contribution is -0.138. The van der Waals surface area contributed by atoms with Crippen molar-refractivity contribution in [2.75, 3.05) is 18.5 Å². The Morgan fingerprint density at radius 2 is 1.74 bits per heavy atom. The molecule has 9 heteroatoms. The van der Waals surface area contributed by atoms with E-state index in [1.165, 1.54) is 6.07 Å². The number of amides is 2. The first kappa shape index (κ1) is 22.6. The van der Waals surface area contributed by atoms with E-state index >= 15 is 0 Å². The van der Waals surface area contributed by atoms with Gasteiger partial charge in [-0.25, -0.2) is 4.79 Å². The maximum Gasteiger partial charge on any atom is 0.412 e. The number of benzene rings is 2. The second-order valence-corrected chi connectivity index (χ2v) is 8.86. The van der Waals surface area contributed by atoms with E-state index in [2.05, 4.69) is 27.6 Å².